The quantitative estimate of drug-likeness (QED) is 0.382. The van der Waals surface area contributed by atoms with E-state index in [2.05, 4.69) is 37.7 Å². The van der Waals surface area contributed by atoms with Crippen molar-refractivity contribution in [2.24, 2.45) is 10.7 Å². The maximum atomic E-state index is 5.71. The fraction of sp³-hybridized carbons (Fsp3) is 0.917. The van der Waals surface area contributed by atoms with Crippen molar-refractivity contribution in [1.29, 1.82) is 0 Å². The second-order valence-corrected chi connectivity index (χ2v) is 4.40. The summed E-state index contributed by atoms with van der Waals surface area (Å²) in [5, 5.41) is 0. The largest absolute Gasteiger partial charge is 0.387 e. The summed E-state index contributed by atoms with van der Waals surface area (Å²) in [4.78, 5) is 6.69. The third-order valence-electron chi connectivity index (χ3n) is 2.62. The Morgan fingerprint density at radius 1 is 1.33 bits per heavy atom. The zero-order valence-electron chi connectivity index (χ0n) is 10.8. The third-order valence-corrected chi connectivity index (χ3v) is 2.62. The van der Waals surface area contributed by atoms with Crippen LogP contribution >= 0.6 is 0 Å². The summed E-state index contributed by atoms with van der Waals surface area (Å²) >= 11 is 0. The number of aliphatic imine (C=N–C) groups is 1. The fourth-order valence-corrected chi connectivity index (χ4v) is 1.29. The lowest BCUT2D eigenvalue weighted by Gasteiger charge is -2.20. The van der Waals surface area contributed by atoms with Gasteiger partial charge in [-0.25, -0.2) is 0 Å². The van der Waals surface area contributed by atoms with Gasteiger partial charge in [0.1, 0.15) is 0 Å². The first-order chi connectivity index (χ1) is 7.07. The molecular formula is C12H27N3. The average Bonchev–Trinajstić information content (AvgIpc) is 2.17. The summed E-state index contributed by atoms with van der Waals surface area (Å²) in [5.74, 6) is 0.815. The van der Waals surface area contributed by atoms with Gasteiger partial charge in [-0.05, 0) is 46.7 Å². The fourth-order valence-electron chi connectivity index (χ4n) is 1.29. The van der Waals surface area contributed by atoms with Crippen LogP contribution in [0, 0.1) is 0 Å². The first-order valence-corrected chi connectivity index (χ1v) is 6.07. The lowest BCUT2D eigenvalue weighted by Crippen LogP contribution is -2.27. The summed E-state index contributed by atoms with van der Waals surface area (Å²) in [7, 11) is 2.17. The molecule has 3 nitrogen and oxygen atoms in total. The topological polar surface area (TPSA) is 41.6 Å². The molecule has 90 valence electrons. The Hall–Kier alpha value is -0.570. The highest BCUT2D eigenvalue weighted by atomic mass is 15.1. The molecule has 0 bridgehead atoms. The van der Waals surface area contributed by atoms with E-state index in [1.807, 2.05) is 0 Å². The molecule has 0 aromatic carbocycles. The van der Waals surface area contributed by atoms with Crippen molar-refractivity contribution in [1.82, 2.24) is 4.90 Å². The van der Waals surface area contributed by atoms with E-state index in [0.717, 1.165) is 38.2 Å². The molecule has 0 unspecified atom stereocenters. The Labute approximate surface area is 94.7 Å². The molecule has 0 aromatic heterocycles. The molecule has 0 saturated heterocycles. The van der Waals surface area contributed by atoms with E-state index in [1.54, 1.807) is 0 Å². The molecule has 0 saturated carbocycles. The van der Waals surface area contributed by atoms with Crippen LogP contribution in [-0.4, -0.2) is 36.9 Å². The lowest BCUT2D eigenvalue weighted by atomic mass is 10.2. The minimum absolute atomic E-state index is 0.638. The maximum Gasteiger partial charge on any atom is 0.0936 e. The van der Waals surface area contributed by atoms with Crippen LogP contribution in [0.5, 0.6) is 0 Å². The van der Waals surface area contributed by atoms with Crippen molar-refractivity contribution in [2.45, 2.75) is 52.5 Å². The first-order valence-electron chi connectivity index (χ1n) is 6.07. The highest BCUT2D eigenvalue weighted by Crippen LogP contribution is 1.98. The van der Waals surface area contributed by atoms with Crippen molar-refractivity contribution in [3.8, 4) is 0 Å². The van der Waals surface area contributed by atoms with Crippen LogP contribution < -0.4 is 5.73 Å². The van der Waals surface area contributed by atoms with E-state index in [0.29, 0.717) is 6.04 Å². The van der Waals surface area contributed by atoms with E-state index in [1.165, 1.54) is 6.42 Å². The van der Waals surface area contributed by atoms with Crippen LogP contribution in [-0.2, 0) is 0 Å². The van der Waals surface area contributed by atoms with Gasteiger partial charge >= 0.3 is 0 Å². The number of nitrogens with zero attached hydrogens (tertiary/aromatic N) is 2. The summed E-state index contributed by atoms with van der Waals surface area (Å²) in [6, 6.07) is 0.638. The molecule has 0 aliphatic carbocycles. The Balaban J connectivity index is 3.43. The number of nitrogens with two attached hydrogens (primary N) is 1. The van der Waals surface area contributed by atoms with Crippen molar-refractivity contribution in [3.63, 3.8) is 0 Å². The maximum absolute atomic E-state index is 5.71. The molecule has 0 fully saturated rings. The van der Waals surface area contributed by atoms with Gasteiger partial charge in [0.15, 0.2) is 0 Å². The molecule has 0 heterocycles. The summed E-state index contributed by atoms with van der Waals surface area (Å²) in [6.45, 7) is 8.60. The van der Waals surface area contributed by atoms with Gasteiger partial charge in [0.25, 0.3) is 0 Å². The number of hydrogen-bond acceptors (Lipinski definition) is 2. The van der Waals surface area contributed by atoms with Crippen LogP contribution in [0.25, 0.3) is 0 Å². The van der Waals surface area contributed by atoms with Gasteiger partial charge in [-0.1, -0.05) is 6.92 Å². The Bertz CT molecular complexity index is 176. The molecule has 2 N–H and O–H groups in total. The predicted octanol–water partition coefficient (Wildman–Crippen LogP) is 2.26. The van der Waals surface area contributed by atoms with E-state index >= 15 is 0 Å². The van der Waals surface area contributed by atoms with E-state index in [9.17, 15) is 0 Å². The van der Waals surface area contributed by atoms with Gasteiger partial charge < -0.3 is 10.6 Å². The zero-order valence-corrected chi connectivity index (χ0v) is 10.8. The molecule has 0 atom stereocenters. The van der Waals surface area contributed by atoms with Gasteiger partial charge in [-0.15, -0.1) is 0 Å². The normalized spacial score (nSPS) is 12.8. The summed E-state index contributed by atoms with van der Waals surface area (Å²) in [6.07, 6.45) is 4.37. The zero-order chi connectivity index (χ0) is 11.7. The summed E-state index contributed by atoms with van der Waals surface area (Å²) in [5.41, 5.74) is 5.71. The Morgan fingerprint density at radius 3 is 2.53 bits per heavy atom. The van der Waals surface area contributed by atoms with Crippen molar-refractivity contribution < 1.29 is 0 Å². The highest BCUT2D eigenvalue weighted by Gasteiger charge is 2.01. The van der Waals surface area contributed by atoms with E-state index in [-0.39, 0.29) is 0 Å². The standard InChI is InChI=1S/C12H27N3/c1-5-8-12(13)14-9-6-7-10-15(4)11(2)3/h11H,5-10H2,1-4H3,(H2,13,14). The van der Waals surface area contributed by atoms with Crippen LogP contribution in [0.15, 0.2) is 4.99 Å². The van der Waals surface area contributed by atoms with Crippen molar-refractivity contribution in [3.05, 3.63) is 0 Å². The second kappa shape index (κ2) is 8.72. The minimum Gasteiger partial charge on any atom is -0.387 e. The molecule has 0 aromatic rings. The monoisotopic (exact) mass is 213 g/mol. The number of rotatable bonds is 8. The van der Waals surface area contributed by atoms with E-state index in [4.69, 9.17) is 5.73 Å². The van der Waals surface area contributed by atoms with Crippen LogP contribution in [0.2, 0.25) is 0 Å². The number of unbranched alkanes of at least 4 members (excludes halogenated alkanes) is 1. The molecule has 0 rings (SSSR count). The van der Waals surface area contributed by atoms with Crippen molar-refractivity contribution >= 4 is 5.84 Å². The van der Waals surface area contributed by atoms with Crippen LogP contribution in [0.1, 0.15) is 46.5 Å². The minimum atomic E-state index is 0.638. The molecule has 3 heteroatoms. The van der Waals surface area contributed by atoms with Gasteiger partial charge in [0.2, 0.25) is 0 Å². The molecule has 0 spiro atoms. The second-order valence-electron chi connectivity index (χ2n) is 4.40. The lowest BCUT2D eigenvalue weighted by molar-refractivity contribution is 0.269. The summed E-state index contributed by atoms with van der Waals surface area (Å²) < 4.78 is 0. The highest BCUT2D eigenvalue weighted by molar-refractivity contribution is 5.80. The molecular weight excluding hydrogens is 186 g/mol. The SMILES string of the molecule is CCCC(N)=NCCCCN(C)C(C)C. The number of amidine groups is 1. The van der Waals surface area contributed by atoms with Crippen LogP contribution in [0.3, 0.4) is 0 Å². The molecule has 0 aliphatic rings. The smallest absolute Gasteiger partial charge is 0.0936 e. The Kier molecular flexibility index (Phi) is 8.38. The van der Waals surface area contributed by atoms with Crippen molar-refractivity contribution in [2.75, 3.05) is 20.1 Å². The predicted molar refractivity (Wildman–Crippen MR) is 68.4 cm³/mol. The molecule has 0 amide bonds. The van der Waals surface area contributed by atoms with Gasteiger partial charge in [-0.2, -0.15) is 0 Å². The Morgan fingerprint density at radius 2 is 2.00 bits per heavy atom. The van der Waals surface area contributed by atoms with Crippen LogP contribution in [0.4, 0.5) is 0 Å². The molecule has 0 aliphatic heterocycles. The van der Waals surface area contributed by atoms with Gasteiger partial charge in [0, 0.05) is 19.0 Å². The molecule has 0 radical (unpaired) electrons. The van der Waals surface area contributed by atoms with Gasteiger partial charge in [-0.3, -0.25) is 4.99 Å². The number of hydrogen-bond donors (Lipinski definition) is 1. The van der Waals surface area contributed by atoms with Gasteiger partial charge in [0.05, 0.1) is 5.84 Å². The molecule has 15 heavy (non-hydrogen) atoms. The average molecular weight is 213 g/mol. The first kappa shape index (κ1) is 14.4. The van der Waals surface area contributed by atoms with E-state index < -0.39 is 0 Å². The third kappa shape index (κ3) is 8.43.